The fourth-order valence-corrected chi connectivity index (χ4v) is 6.81. The summed E-state index contributed by atoms with van der Waals surface area (Å²) in [7, 11) is 3.40. The van der Waals surface area contributed by atoms with E-state index in [1.54, 1.807) is 14.2 Å². The predicted octanol–water partition coefficient (Wildman–Crippen LogP) is 3.74. The first kappa shape index (κ1) is 24.6. The summed E-state index contributed by atoms with van der Waals surface area (Å²) in [5.41, 5.74) is 7.14. The van der Waals surface area contributed by atoms with Crippen LogP contribution in [0.15, 0.2) is 24.3 Å². The molecular weight excluding hydrogens is 440 g/mol. The zero-order chi connectivity index (χ0) is 24.5. The quantitative estimate of drug-likeness (QED) is 0.561. The lowest BCUT2D eigenvalue weighted by atomic mass is 9.72. The molecule has 2 aromatic carbocycles. The summed E-state index contributed by atoms with van der Waals surface area (Å²) in [4.78, 5) is 2.67. The molecule has 0 aromatic heterocycles. The fraction of sp³-hybridized carbons (Fsp3) is 0.586. The minimum Gasteiger partial charge on any atom is -0.493 e. The third-order valence-electron chi connectivity index (χ3n) is 8.80. The Morgan fingerprint density at radius 1 is 0.943 bits per heavy atom. The molecule has 0 bridgehead atoms. The van der Waals surface area contributed by atoms with Gasteiger partial charge >= 0.3 is 0 Å². The van der Waals surface area contributed by atoms with Gasteiger partial charge in [0.05, 0.1) is 27.4 Å². The van der Waals surface area contributed by atoms with Gasteiger partial charge in [0.2, 0.25) is 0 Å². The molecular formula is C29H40N2O4. The number of nitrogens with zero attached hydrogens (tertiary/aromatic N) is 1. The summed E-state index contributed by atoms with van der Waals surface area (Å²) in [5, 5.41) is 23.5. The van der Waals surface area contributed by atoms with Crippen molar-refractivity contribution in [3.8, 4) is 11.5 Å². The summed E-state index contributed by atoms with van der Waals surface area (Å²) in [6, 6.07) is 9.46. The van der Waals surface area contributed by atoms with Crippen LogP contribution in [-0.4, -0.2) is 48.5 Å². The third kappa shape index (κ3) is 4.69. The highest BCUT2D eigenvalue weighted by Gasteiger charge is 2.39. The lowest BCUT2D eigenvalue weighted by Crippen LogP contribution is -2.48. The van der Waals surface area contributed by atoms with Crippen molar-refractivity contribution in [2.45, 2.75) is 70.9 Å². The summed E-state index contributed by atoms with van der Waals surface area (Å²) >= 11 is 0. The van der Waals surface area contributed by atoms with E-state index in [0.717, 1.165) is 61.5 Å². The van der Waals surface area contributed by atoms with E-state index in [1.165, 1.54) is 35.1 Å². The second-order valence-corrected chi connectivity index (χ2v) is 10.6. The van der Waals surface area contributed by atoms with Crippen molar-refractivity contribution in [1.82, 2.24) is 10.2 Å². The van der Waals surface area contributed by atoms with Crippen molar-refractivity contribution in [1.29, 1.82) is 0 Å². The SMILES string of the molecule is CCC1CN2CCc3cc(CO)c(CO)cc3[C@@H]2C[C@@H]1CC1Cc2cc(OC)c(OC)cc2CN1. The van der Waals surface area contributed by atoms with Gasteiger partial charge in [-0.25, -0.2) is 0 Å². The first-order valence-electron chi connectivity index (χ1n) is 13.2. The van der Waals surface area contributed by atoms with Crippen LogP contribution >= 0.6 is 0 Å². The molecule has 5 rings (SSSR count). The first-order chi connectivity index (χ1) is 17.1. The van der Waals surface area contributed by atoms with E-state index >= 15 is 0 Å². The number of piperidine rings is 1. The number of ether oxygens (including phenoxy) is 2. The zero-order valence-corrected chi connectivity index (χ0v) is 21.3. The van der Waals surface area contributed by atoms with Crippen LogP contribution in [0.4, 0.5) is 0 Å². The van der Waals surface area contributed by atoms with Crippen LogP contribution in [-0.2, 0) is 32.6 Å². The average Bonchev–Trinajstić information content (AvgIpc) is 2.90. The van der Waals surface area contributed by atoms with Gasteiger partial charge in [-0.3, -0.25) is 4.90 Å². The highest BCUT2D eigenvalue weighted by Crippen LogP contribution is 2.45. The number of aliphatic hydroxyl groups is 2. The van der Waals surface area contributed by atoms with Crippen molar-refractivity contribution in [2.24, 2.45) is 11.8 Å². The monoisotopic (exact) mass is 480 g/mol. The largest absolute Gasteiger partial charge is 0.493 e. The Morgan fingerprint density at radius 2 is 1.66 bits per heavy atom. The number of aliphatic hydroxyl groups excluding tert-OH is 2. The number of benzene rings is 2. The molecule has 0 spiro atoms. The average molecular weight is 481 g/mol. The number of methoxy groups -OCH3 is 2. The molecule has 1 saturated heterocycles. The number of fused-ring (bicyclic) bond motifs is 4. The second-order valence-electron chi connectivity index (χ2n) is 10.6. The van der Waals surface area contributed by atoms with Crippen molar-refractivity contribution < 1.29 is 19.7 Å². The molecule has 2 aromatic rings. The molecule has 2 unspecified atom stereocenters. The smallest absolute Gasteiger partial charge is 0.161 e. The molecule has 0 amide bonds. The van der Waals surface area contributed by atoms with Gasteiger partial charge in [-0.1, -0.05) is 25.5 Å². The van der Waals surface area contributed by atoms with Crippen LogP contribution in [0.2, 0.25) is 0 Å². The zero-order valence-electron chi connectivity index (χ0n) is 21.3. The van der Waals surface area contributed by atoms with E-state index in [9.17, 15) is 10.2 Å². The molecule has 6 heteroatoms. The summed E-state index contributed by atoms with van der Waals surface area (Å²) in [6.45, 7) is 5.41. The summed E-state index contributed by atoms with van der Waals surface area (Å²) in [6.07, 6.45) is 5.58. The summed E-state index contributed by atoms with van der Waals surface area (Å²) in [5.74, 6) is 2.97. The molecule has 6 nitrogen and oxygen atoms in total. The molecule has 35 heavy (non-hydrogen) atoms. The molecule has 0 saturated carbocycles. The van der Waals surface area contributed by atoms with Gasteiger partial charge < -0.3 is 25.0 Å². The number of hydrogen-bond donors (Lipinski definition) is 3. The second kappa shape index (κ2) is 10.5. The third-order valence-corrected chi connectivity index (χ3v) is 8.80. The number of rotatable bonds is 7. The Hall–Kier alpha value is -2.12. The van der Waals surface area contributed by atoms with E-state index in [1.807, 2.05) is 0 Å². The molecule has 3 heterocycles. The van der Waals surface area contributed by atoms with Crippen LogP contribution in [0.25, 0.3) is 0 Å². The van der Waals surface area contributed by atoms with E-state index in [2.05, 4.69) is 41.4 Å². The van der Waals surface area contributed by atoms with Crippen LogP contribution in [0.1, 0.15) is 65.6 Å². The van der Waals surface area contributed by atoms with Gasteiger partial charge in [-0.05, 0) is 83.0 Å². The maximum Gasteiger partial charge on any atom is 0.161 e. The lowest BCUT2D eigenvalue weighted by Gasteiger charge is -2.48. The van der Waals surface area contributed by atoms with Gasteiger partial charge in [-0.2, -0.15) is 0 Å². The van der Waals surface area contributed by atoms with Gasteiger partial charge in [0.1, 0.15) is 0 Å². The van der Waals surface area contributed by atoms with Crippen molar-refractivity contribution in [2.75, 3.05) is 27.3 Å². The van der Waals surface area contributed by atoms with Gasteiger partial charge in [0.15, 0.2) is 11.5 Å². The van der Waals surface area contributed by atoms with E-state index in [-0.39, 0.29) is 13.2 Å². The Bertz CT molecular complexity index is 1060. The van der Waals surface area contributed by atoms with Crippen LogP contribution < -0.4 is 14.8 Å². The van der Waals surface area contributed by atoms with Crippen LogP contribution in [0.3, 0.4) is 0 Å². The number of hydrogen-bond acceptors (Lipinski definition) is 6. The highest BCUT2D eigenvalue weighted by atomic mass is 16.5. The topological polar surface area (TPSA) is 74.2 Å². The molecule has 0 aliphatic carbocycles. The van der Waals surface area contributed by atoms with Gasteiger partial charge in [0, 0.05) is 31.7 Å². The van der Waals surface area contributed by atoms with Crippen molar-refractivity contribution in [3.05, 3.63) is 57.6 Å². The Kier molecular flexibility index (Phi) is 7.35. The number of nitrogens with one attached hydrogen (secondary N) is 1. The van der Waals surface area contributed by atoms with E-state index in [4.69, 9.17) is 9.47 Å². The van der Waals surface area contributed by atoms with Crippen LogP contribution in [0, 0.1) is 11.8 Å². The normalized spacial score (nSPS) is 26.0. The molecule has 0 radical (unpaired) electrons. The van der Waals surface area contributed by atoms with Crippen molar-refractivity contribution in [3.63, 3.8) is 0 Å². The van der Waals surface area contributed by atoms with Crippen LogP contribution in [0.5, 0.6) is 11.5 Å². The molecule has 4 atom stereocenters. The van der Waals surface area contributed by atoms with Crippen molar-refractivity contribution >= 4 is 0 Å². The summed E-state index contributed by atoms with van der Waals surface area (Å²) < 4.78 is 11.1. The maximum atomic E-state index is 9.90. The minimum absolute atomic E-state index is 0.0103. The Morgan fingerprint density at radius 3 is 2.34 bits per heavy atom. The highest BCUT2D eigenvalue weighted by molar-refractivity contribution is 5.48. The van der Waals surface area contributed by atoms with E-state index in [0.29, 0.717) is 23.9 Å². The minimum atomic E-state index is -0.0173. The molecule has 1 fully saturated rings. The predicted molar refractivity (Wildman–Crippen MR) is 137 cm³/mol. The maximum absolute atomic E-state index is 9.90. The Balaban J connectivity index is 1.35. The molecule has 3 aliphatic heterocycles. The Labute approximate surface area is 209 Å². The van der Waals surface area contributed by atoms with Gasteiger partial charge in [-0.15, -0.1) is 0 Å². The standard InChI is InChI=1S/C29H40N2O4/c1-4-18-15-31-6-5-19-7-23(16-32)24(17-33)10-26(19)27(31)11-20(18)8-25-9-21-12-28(34-2)29(35-3)13-22(21)14-30-25/h7,10,12-13,18,20,25,27,30,32-33H,4-6,8-9,11,14-17H2,1-3H3/t18?,20-,25?,27-/m0/s1. The fourth-order valence-electron chi connectivity index (χ4n) is 6.81. The van der Waals surface area contributed by atoms with E-state index < -0.39 is 0 Å². The molecule has 3 N–H and O–H groups in total. The first-order valence-corrected chi connectivity index (χ1v) is 13.2. The lowest BCUT2D eigenvalue weighted by molar-refractivity contribution is 0.0435. The van der Waals surface area contributed by atoms with Gasteiger partial charge in [0.25, 0.3) is 0 Å². The molecule has 3 aliphatic rings. The molecule has 190 valence electrons.